The third-order valence-corrected chi connectivity index (χ3v) is 4.75. The highest BCUT2D eigenvalue weighted by Gasteiger charge is 2.24. The number of carbonyl (C=O) groups is 2. The number of hydrogen-bond acceptors (Lipinski definition) is 2. The lowest BCUT2D eigenvalue weighted by molar-refractivity contribution is -0.132. The van der Waals surface area contributed by atoms with Crippen molar-refractivity contribution in [2.75, 3.05) is 7.05 Å². The second-order valence-corrected chi connectivity index (χ2v) is 6.42. The van der Waals surface area contributed by atoms with E-state index < -0.39 is 5.97 Å². The maximum absolute atomic E-state index is 12.3. The van der Waals surface area contributed by atoms with Gasteiger partial charge in [0.2, 0.25) is 5.91 Å². The van der Waals surface area contributed by atoms with Crippen LogP contribution in [0, 0.1) is 5.92 Å². The van der Waals surface area contributed by atoms with Crippen LogP contribution in [0.25, 0.3) is 0 Å². The Kier molecular flexibility index (Phi) is 5.58. The number of aromatic carboxylic acids is 1. The molecular formula is C18H25NO3. The van der Waals surface area contributed by atoms with E-state index in [1.54, 1.807) is 24.3 Å². The lowest BCUT2D eigenvalue weighted by atomic mass is 9.86. The minimum atomic E-state index is -0.922. The van der Waals surface area contributed by atoms with Crippen molar-refractivity contribution in [3.05, 3.63) is 35.4 Å². The van der Waals surface area contributed by atoms with E-state index in [-0.39, 0.29) is 11.5 Å². The number of hydrogen-bond donors (Lipinski definition) is 1. The Labute approximate surface area is 132 Å². The second kappa shape index (κ2) is 7.43. The first-order valence-electron chi connectivity index (χ1n) is 8.05. The Bertz CT molecular complexity index is 516. The van der Waals surface area contributed by atoms with Crippen molar-refractivity contribution in [2.45, 2.75) is 51.5 Å². The zero-order valence-electron chi connectivity index (χ0n) is 13.4. The number of aryl methyl sites for hydroxylation is 1. The molecule has 0 saturated heterocycles. The van der Waals surface area contributed by atoms with Gasteiger partial charge in [-0.05, 0) is 55.7 Å². The number of carboxylic acid groups (broad SMARTS) is 1. The van der Waals surface area contributed by atoms with Gasteiger partial charge in [0, 0.05) is 19.5 Å². The molecule has 1 saturated carbocycles. The van der Waals surface area contributed by atoms with Crippen LogP contribution in [-0.2, 0) is 11.2 Å². The van der Waals surface area contributed by atoms with Gasteiger partial charge in [-0.25, -0.2) is 4.79 Å². The molecule has 0 heterocycles. The number of carbonyl (C=O) groups excluding carboxylic acids is 1. The molecule has 1 N–H and O–H groups in total. The molecule has 0 aliphatic heterocycles. The predicted octanol–water partition coefficient (Wildman–Crippen LogP) is 3.35. The summed E-state index contributed by atoms with van der Waals surface area (Å²) in [6.45, 7) is 2.28. The van der Waals surface area contributed by atoms with Gasteiger partial charge in [0.1, 0.15) is 0 Å². The van der Waals surface area contributed by atoms with E-state index in [9.17, 15) is 9.59 Å². The van der Waals surface area contributed by atoms with Crippen LogP contribution in [0.15, 0.2) is 24.3 Å². The van der Waals surface area contributed by atoms with Crippen LogP contribution in [0.5, 0.6) is 0 Å². The summed E-state index contributed by atoms with van der Waals surface area (Å²) >= 11 is 0. The van der Waals surface area contributed by atoms with Gasteiger partial charge in [0.25, 0.3) is 0 Å². The van der Waals surface area contributed by atoms with Crippen molar-refractivity contribution in [3.63, 3.8) is 0 Å². The van der Waals surface area contributed by atoms with E-state index in [0.29, 0.717) is 18.9 Å². The van der Waals surface area contributed by atoms with Crippen molar-refractivity contribution in [2.24, 2.45) is 5.92 Å². The lowest BCUT2D eigenvalue weighted by Crippen LogP contribution is -2.39. The highest BCUT2D eigenvalue weighted by Crippen LogP contribution is 2.26. The van der Waals surface area contributed by atoms with Crippen LogP contribution in [0.3, 0.4) is 0 Å². The van der Waals surface area contributed by atoms with E-state index in [1.165, 1.54) is 12.8 Å². The van der Waals surface area contributed by atoms with E-state index in [2.05, 4.69) is 6.92 Å². The van der Waals surface area contributed by atoms with Gasteiger partial charge >= 0.3 is 5.97 Å². The van der Waals surface area contributed by atoms with Crippen molar-refractivity contribution < 1.29 is 14.7 Å². The average Bonchev–Trinajstić information content (AvgIpc) is 2.53. The quantitative estimate of drug-likeness (QED) is 0.907. The van der Waals surface area contributed by atoms with Crippen LogP contribution < -0.4 is 0 Å². The van der Waals surface area contributed by atoms with E-state index in [1.807, 2.05) is 11.9 Å². The fourth-order valence-electron chi connectivity index (χ4n) is 3.08. The molecule has 0 bridgehead atoms. The first-order chi connectivity index (χ1) is 10.5. The minimum absolute atomic E-state index is 0.182. The van der Waals surface area contributed by atoms with E-state index >= 15 is 0 Å². The van der Waals surface area contributed by atoms with Crippen LogP contribution in [0.1, 0.15) is 54.9 Å². The van der Waals surface area contributed by atoms with Crippen molar-refractivity contribution in [1.29, 1.82) is 0 Å². The van der Waals surface area contributed by atoms with Crippen LogP contribution >= 0.6 is 0 Å². The van der Waals surface area contributed by atoms with E-state index in [4.69, 9.17) is 5.11 Å². The molecule has 0 radical (unpaired) electrons. The average molecular weight is 303 g/mol. The maximum Gasteiger partial charge on any atom is 0.335 e. The predicted molar refractivity (Wildman–Crippen MR) is 85.9 cm³/mol. The number of amides is 1. The lowest BCUT2D eigenvalue weighted by Gasteiger charge is -2.33. The van der Waals surface area contributed by atoms with Gasteiger partial charge < -0.3 is 10.0 Å². The zero-order chi connectivity index (χ0) is 16.1. The van der Waals surface area contributed by atoms with Gasteiger partial charge in [-0.3, -0.25) is 4.79 Å². The topological polar surface area (TPSA) is 57.6 Å². The third-order valence-electron chi connectivity index (χ3n) is 4.75. The van der Waals surface area contributed by atoms with Gasteiger partial charge in [0.15, 0.2) is 0 Å². The molecule has 120 valence electrons. The van der Waals surface area contributed by atoms with Gasteiger partial charge in [-0.2, -0.15) is 0 Å². The Morgan fingerprint density at radius 2 is 1.73 bits per heavy atom. The summed E-state index contributed by atoms with van der Waals surface area (Å²) in [7, 11) is 1.91. The molecule has 4 heteroatoms. The molecule has 4 nitrogen and oxygen atoms in total. The molecule has 1 amide bonds. The Morgan fingerprint density at radius 3 is 2.27 bits per heavy atom. The van der Waals surface area contributed by atoms with Crippen LogP contribution in [-0.4, -0.2) is 35.0 Å². The Morgan fingerprint density at radius 1 is 1.14 bits per heavy atom. The van der Waals surface area contributed by atoms with Crippen molar-refractivity contribution >= 4 is 11.9 Å². The van der Waals surface area contributed by atoms with Crippen molar-refractivity contribution in [1.82, 2.24) is 4.90 Å². The molecule has 2 rings (SSSR count). The van der Waals surface area contributed by atoms with Crippen molar-refractivity contribution in [3.8, 4) is 0 Å². The Balaban J connectivity index is 1.82. The fraction of sp³-hybridized carbons (Fsp3) is 0.556. The fourth-order valence-corrected chi connectivity index (χ4v) is 3.08. The summed E-state index contributed by atoms with van der Waals surface area (Å²) in [5, 5.41) is 8.87. The summed E-state index contributed by atoms with van der Waals surface area (Å²) in [6.07, 6.45) is 5.77. The van der Waals surface area contributed by atoms with Crippen LogP contribution in [0.2, 0.25) is 0 Å². The van der Waals surface area contributed by atoms with Crippen LogP contribution in [0.4, 0.5) is 0 Å². The highest BCUT2D eigenvalue weighted by atomic mass is 16.4. The maximum atomic E-state index is 12.3. The molecule has 0 atom stereocenters. The molecule has 0 spiro atoms. The Hall–Kier alpha value is -1.84. The van der Waals surface area contributed by atoms with E-state index in [0.717, 1.165) is 24.3 Å². The third kappa shape index (κ3) is 4.33. The van der Waals surface area contributed by atoms with Gasteiger partial charge in [-0.1, -0.05) is 19.1 Å². The molecule has 22 heavy (non-hydrogen) atoms. The summed E-state index contributed by atoms with van der Waals surface area (Å²) < 4.78 is 0. The molecule has 1 aliphatic rings. The summed E-state index contributed by atoms with van der Waals surface area (Å²) in [5.41, 5.74) is 1.28. The van der Waals surface area contributed by atoms with Gasteiger partial charge in [-0.15, -0.1) is 0 Å². The molecule has 0 aromatic heterocycles. The number of carboxylic acids is 1. The second-order valence-electron chi connectivity index (χ2n) is 6.42. The van der Waals surface area contributed by atoms with Gasteiger partial charge in [0.05, 0.1) is 5.56 Å². The largest absolute Gasteiger partial charge is 0.478 e. The number of rotatable bonds is 5. The smallest absolute Gasteiger partial charge is 0.335 e. The molecule has 1 aromatic carbocycles. The zero-order valence-corrected chi connectivity index (χ0v) is 13.4. The molecule has 1 fully saturated rings. The molecule has 1 aromatic rings. The number of benzene rings is 1. The molecule has 0 unspecified atom stereocenters. The minimum Gasteiger partial charge on any atom is -0.478 e. The standard InChI is InChI=1S/C18H25NO3/c1-13-3-10-16(11-4-13)19(2)17(20)12-7-14-5-8-15(9-6-14)18(21)22/h5-6,8-9,13,16H,3-4,7,10-12H2,1-2H3,(H,21,22). The molecular weight excluding hydrogens is 278 g/mol. The summed E-state index contributed by atoms with van der Waals surface area (Å²) in [5.74, 6) is 0.0447. The SMILES string of the molecule is CC1CCC(N(C)C(=O)CCc2ccc(C(=O)O)cc2)CC1. The summed E-state index contributed by atoms with van der Waals surface area (Å²) in [4.78, 5) is 25.0. The monoisotopic (exact) mass is 303 g/mol. The number of nitrogens with zero attached hydrogens (tertiary/aromatic N) is 1. The summed E-state index contributed by atoms with van der Waals surface area (Å²) in [6, 6.07) is 7.15. The highest BCUT2D eigenvalue weighted by molar-refractivity contribution is 5.87. The first-order valence-corrected chi connectivity index (χ1v) is 8.05. The first kappa shape index (κ1) is 16.5. The molecule has 1 aliphatic carbocycles. The normalized spacial score (nSPS) is 21.4.